The van der Waals surface area contributed by atoms with Gasteiger partial charge in [-0.15, -0.1) is 0 Å². The van der Waals surface area contributed by atoms with Gasteiger partial charge in [0.05, 0.1) is 12.6 Å². The van der Waals surface area contributed by atoms with Crippen molar-refractivity contribution < 1.29 is 9.53 Å². The van der Waals surface area contributed by atoms with Gasteiger partial charge >= 0.3 is 0 Å². The summed E-state index contributed by atoms with van der Waals surface area (Å²) >= 11 is 6.03. The number of carbonyl (C=O) groups excluding carboxylic acids is 1. The molecule has 0 aliphatic rings. The van der Waals surface area contributed by atoms with Crippen molar-refractivity contribution in [3.63, 3.8) is 0 Å². The van der Waals surface area contributed by atoms with Gasteiger partial charge < -0.3 is 15.8 Å². The number of amides is 1. The quantitative estimate of drug-likeness (QED) is 0.758. The number of hydrogen-bond donors (Lipinski definition) is 2. The van der Waals surface area contributed by atoms with Crippen LogP contribution in [0.15, 0.2) is 24.3 Å². The molecule has 0 saturated carbocycles. The van der Waals surface area contributed by atoms with Gasteiger partial charge in [0.1, 0.15) is 6.61 Å². The van der Waals surface area contributed by atoms with Crippen molar-refractivity contribution >= 4 is 17.5 Å². The van der Waals surface area contributed by atoms with Gasteiger partial charge in [-0.3, -0.25) is 4.79 Å². The molecule has 1 aromatic carbocycles. The van der Waals surface area contributed by atoms with Crippen LogP contribution in [-0.2, 0) is 9.53 Å². The Morgan fingerprint density at radius 2 is 2.24 bits per heavy atom. The summed E-state index contributed by atoms with van der Waals surface area (Å²) in [7, 11) is 0. The zero-order valence-electron chi connectivity index (χ0n) is 9.78. The smallest absolute Gasteiger partial charge is 0.246 e. The zero-order chi connectivity index (χ0) is 12.7. The maximum atomic E-state index is 11.5. The maximum Gasteiger partial charge on any atom is 0.246 e. The van der Waals surface area contributed by atoms with Crippen molar-refractivity contribution in [3.8, 4) is 0 Å². The summed E-state index contributed by atoms with van der Waals surface area (Å²) in [6.45, 7) is 2.69. The molecule has 0 aromatic heterocycles. The lowest BCUT2D eigenvalue weighted by molar-refractivity contribution is -0.126. The first-order valence-electron chi connectivity index (χ1n) is 5.46. The molecule has 1 atom stereocenters. The number of benzene rings is 1. The number of halogens is 1. The van der Waals surface area contributed by atoms with Gasteiger partial charge in [0.25, 0.3) is 0 Å². The average molecular weight is 257 g/mol. The first-order chi connectivity index (χ1) is 8.15. The van der Waals surface area contributed by atoms with Crippen LogP contribution >= 0.6 is 11.6 Å². The Morgan fingerprint density at radius 1 is 1.53 bits per heavy atom. The van der Waals surface area contributed by atoms with Gasteiger partial charge in [0.2, 0.25) is 5.91 Å². The largest absolute Gasteiger partial charge is 0.370 e. The Hall–Kier alpha value is -1.10. The topological polar surface area (TPSA) is 64.3 Å². The van der Waals surface area contributed by atoms with E-state index in [1.54, 1.807) is 6.07 Å². The van der Waals surface area contributed by atoms with E-state index in [2.05, 4.69) is 5.32 Å². The van der Waals surface area contributed by atoms with Crippen LogP contribution in [0.2, 0.25) is 5.02 Å². The van der Waals surface area contributed by atoms with Gasteiger partial charge in [-0.25, -0.2) is 0 Å². The van der Waals surface area contributed by atoms with Crippen LogP contribution in [-0.4, -0.2) is 25.7 Å². The molecular formula is C12H17ClN2O2. The van der Waals surface area contributed by atoms with Crippen LogP contribution < -0.4 is 11.1 Å². The van der Waals surface area contributed by atoms with E-state index < -0.39 is 0 Å². The first kappa shape index (κ1) is 14.0. The molecule has 0 unspecified atom stereocenters. The standard InChI is InChI=1S/C12H17ClN2O2/c1-9(10-4-2-3-5-11(10)13)15-12(16)8-17-7-6-14/h2-5,9H,6-8,14H2,1H3,(H,15,16)/t9-/m0/s1. The molecule has 0 radical (unpaired) electrons. The van der Waals surface area contributed by atoms with Crippen LogP contribution in [0.5, 0.6) is 0 Å². The first-order valence-corrected chi connectivity index (χ1v) is 5.84. The van der Waals surface area contributed by atoms with Crippen molar-refractivity contribution in [2.24, 2.45) is 5.73 Å². The van der Waals surface area contributed by atoms with E-state index in [-0.39, 0.29) is 18.6 Å². The molecule has 17 heavy (non-hydrogen) atoms. The molecule has 94 valence electrons. The predicted molar refractivity (Wildman–Crippen MR) is 67.9 cm³/mol. The van der Waals surface area contributed by atoms with Crippen LogP contribution in [0.3, 0.4) is 0 Å². The Labute approximate surface area is 106 Å². The highest BCUT2D eigenvalue weighted by atomic mass is 35.5. The normalized spacial score (nSPS) is 12.2. The number of nitrogens with one attached hydrogen (secondary N) is 1. The number of nitrogens with two attached hydrogens (primary N) is 1. The van der Waals surface area contributed by atoms with Gasteiger partial charge in [0.15, 0.2) is 0 Å². The van der Waals surface area contributed by atoms with E-state index in [0.717, 1.165) is 5.56 Å². The second-order valence-corrected chi connectivity index (χ2v) is 4.06. The van der Waals surface area contributed by atoms with Gasteiger partial charge in [-0.1, -0.05) is 29.8 Å². The summed E-state index contributed by atoms with van der Waals surface area (Å²) in [5, 5.41) is 3.45. The average Bonchev–Trinajstić information content (AvgIpc) is 2.29. The fraction of sp³-hybridized carbons (Fsp3) is 0.417. The highest BCUT2D eigenvalue weighted by Crippen LogP contribution is 2.21. The van der Waals surface area contributed by atoms with Gasteiger partial charge in [-0.05, 0) is 18.6 Å². The molecule has 4 nitrogen and oxygen atoms in total. The highest BCUT2D eigenvalue weighted by Gasteiger charge is 2.11. The lowest BCUT2D eigenvalue weighted by atomic mass is 10.1. The molecule has 0 bridgehead atoms. The molecule has 0 heterocycles. The van der Waals surface area contributed by atoms with Crippen molar-refractivity contribution in [3.05, 3.63) is 34.9 Å². The maximum absolute atomic E-state index is 11.5. The minimum Gasteiger partial charge on any atom is -0.370 e. The monoisotopic (exact) mass is 256 g/mol. The van der Waals surface area contributed by atoms with Crippen LogP contribution in [0.4, 0.5) is 0 Å². The van der Waals surface area contributed by atoms with Crippen LogP contribution in [0.25, 0.3) is 0 Å². The minimum absolute atomic E-state index is 0.0198. The van der Waals surface area contributed by atoms with Gasteiger partial charge in [-0.2, -0.15) is 0 Å². The van der Waals surface area contributed by atoms with E-state index in [1.165, 1.54) is 0 Å². The van der Waals surface area contributed by atoms with Crippen molar-refractivity contribution in [1.82, 2.24) is 5.32 Å². The highest BCUT2D eigenvalue weighted by molar-refractivity contribution is 6.31. The second-order valence-electron chi connectivity index (χ2n) is 3.65. The van der Waals surface area contributed by atoms with Crippen LogP contribution in [0, 0.1) is 0 Å². The Balaban J connectivity index is 2.46. The fourth-order valence-electron chi connectivity index (χ4n) is 1.44. The minimum atomic E-state index is -0.175. The molecule has 0 aliphatic heterocycles. The molecule has 0 spiro atoms. The van der Waals surface area contributed by atoms with Gasteiger partial charge in [0, 0.05) is 11.6 Å². The number of ether oxygens (including phenoxy) is 1. The zero-order valence-corrected chi connectivity index (χ0v) is 10.5. The molecule has 0 aliphatic carbocycles. The summed E-state index contributed by atoms with van der Waals surface area (Å²) in [6.07, 6.45) is 0. The Bertz CT molecular complexity index is 371. The van der Waals surface area contributed by atoms with E-state index in [9.17, 15) is 4.79 Å². The second kappa shape index (κ2) is 7.27. The molecule has 3 N–H and O–H groups in total. The van der Waals surface area contributed by atoms with Crippen LogP contribution in [0.1, 0.15) is 18.5 Å². The third-order valence-corrected chi connectivity index (χ3v) is 2.59. The summed E-state index contributed by atoms with van der Waals surface area (Å²) in [6, 6.07) is 7.27. The van der Waals surface area contributed by atoms with E-state index >= 15 is 0 Å². The van der Waals surface area contributed by atoms with Crippen molar-refractivity contribution in [2.45, 2.75) is 13.0 Å². The SMILES string of the molecule is C[C@H](NC(=O)COCCN)c1ccccc1Cl. The lowest BCUT2D eigenvalue weighted by Gasteiger charge is -2.15. The van der Waals surface area contributed by atoms with E-state index in [1.807, 2.05) is 25.1 Å². The Kier molecular flexibility index (Phi) is 5.97. The van der Waals surface area contributed by atoms with Crippen molar-refractivity contribution in [2.75, 3.05) is 19.8 Å². The summed E-state index contributed by atoms with van der Waals surface area (Å²) < 4.78 is 5.04. The molecule has 1 aromatic rings. The number of carbonyl (C=O) groups is 1. The summed E-state index contributed by atoms with van der Waals surface area (Å²) in [4.78, 5) is 11.5. The van der Waals surface area contributed by atoms with E-state index in [4.69, 9.17) is 22.1 Å². The molecule has 0 saturated heterocycles. The third-order valence-electron chi connectivity index (χ3n) is 2.24. The molecule has 1 rings (SSSR count). The summed E-state index contributed by atoms with van der Waals surface area (Å²) in [5.74, 6) is -0.175. The lowest BCUT2D eigenvalue weighted by Crippen LogP contribution is -2.31. The predicted octanol–water partition coefficient (Wildman–Crippen LogP) is 1.49. The molecule has 1 amide bonds. The fourth-order valence-corrected chi connectivity index (χ4v) is 1.73. The number of hydrogen-bond acceptors (Lipinski definition) is 3. The molecule has 5 heteroatoms. The number of rotatable bonds is 6. The Morgan fingerprint density at radius 3 is 2.88 bits per heavy atom. The van der Waals surface area contributed by atoms with E-state index in [0.29, 0.717) is 18.2 Å². The molecular weight excluding hydrogens is 240 g/mol. The summed E-state index contributed by atoms with van der Waals surface area (Å²) in [5.41, 5.74) is 6.14. The third kappa shape index (κ3) is 4.73. The van der Waals surface area contributed by atoms with Crippen molar-refractivity contribution in [1.29, 1.82) is 0 Å². The molecule has 0 fully saturated rings.